The van der Waals surface area contributed by atoms with E-state index < -0.39 is 5.97 Å². The van der Waals surface area contributed by atoms with Crippen LogP contribution in [-0.2, 0) is 4.79 Å². The van der Waals surface area contributed by atoms with Gasteiger partial charge in [-0.2, -0.15) is 0 Å². The molecule has 1 aromatic rings. The zero-order valence-corrected chi connectivity index (χ0v) is 8.94. The normalized spacial score (nSPS) is 8.73. The average Bonchev–Trinajstić information content (AvgIpc) is 2.08. The average molecular weight is 210 g/mol. The maximum atomic E-state index is 10.4. The van der Waals surface area contributed by atoms with Crippen molar-refractivity contribution in [2.75, 3.05) is 0 Å². The summed E-state index contributed by atoms with van der Waals surface area (Å²) in [6, 6.07) is 4.62. The minimum Gasteiger partial charge on any atom is -0.507 e. The second-order valence-corrected chi connectivity index (χ2v) is 3.18. The molecule has 0 saturated carbocycles. The molecule has 4 heteroatoms. The van der Waals surface area contributed by atoms with E-state index in [9.17, 15) is 14.7 Å². The van der Waals surface area contributed by atoms with Crippen LogP contribution in [0.15, 0.2) is 18.2 Å². The summed E-state index contributed by atoms with van der Waals surface area (Å²) < 4.78 is 0. The van der Waals surface area contributed by atoms with Crippen molar-refractivity contribution in [3.05, 3.63) is 29.3 Å². The zero-order chi connectivity index (χ0) is 12.0. The van der Waals surface area contributed by atoms with Gasteiger partial charge in [-0.3, -0.25) is 0 Å². The van der Waals surface area contributed by atoms with Crippen molar-refractivity contribution in [1.82, 2.24) is 0 Å². The molecular weight excluding hydrogens is 196 g/mol. The third-order valence-electron chi connectivity index (χ3n) is 1.47. The Balaban J connectivity index is 0.000000423. The van der Waals surface area contributed by atoms with Crippen LogP contribution < -0.4 is 0 Å². The number of aryl methyl sites for hydroxylation is 1. The number of benzene rings is 1. The van der Waals surface area contributed by atoms with E-state index in [0.717, 1.165) is 0 Å². The summed E-state index contributed by atoms with van der Waals surface area (Å²) in [6.45, 7) is 4.71. The number of aromatic hydroxyl groups is 1. The maximum absolute atomic E-state index is 10.4. The van der Waals surface area contributed by atoms with Crippen molar-refractivity contribution in [3.63, 3.8) is 0 Å². The molecule has 0 bridgehead atoms. The lowest BCUT2D eigenvalue weighted by molar-refractivity contribution is -0.115. The second-order valence-electron chi connectivity index (χ2n) is 3.18. The topological polar surface area (TPSA) is 74.6 Å². The Morgan fingerprint density at radius 2 is 1.67 bits per heavy atom. The van der Waals surface area contributed by atoms with Crippen molar-refractivity contribution < 1.29 is 19.8 Å². The van der Waals surface area contributed by atoms with Crippen LogP contribution in [0, 0.1) is 6.92 Å². The quantitative estimate of drug-likeness (QED) is 0.743. The molecule has 1 rings (SSSR count). The van der Waals surface area contributed by atoms with E-state index in [1.165, 1.54) is 19.9 Å². The molecule has 0 amide bonds. The van der Waals surface area contributed by atoms with E-state index >= 15 is 0 Å². The monoisotopic (exact) mass is 210 g/mol. The molecule has 0 unspecified atom stereocenters. The summed E-state index contributed by atoms with van der Waals surface area (Å²) in [6.07, 6.45) is 0. The number of hydrogen-bond acceptors (Lipinski definition) is 3. The molecule has 0 aliphatic heterocycles. The Bertz CT molecular complexity index is 365. The SMILES string of the molecule is CC(C)=O.Cc1cccc(C(=O)O)c1O. The Hall–Kier alpha value is -1.84. The van der Waals surface area contributed by atoms with Gasteiger partial charge in [-0.25, -0.2) is 4.79 Å². The number of carbonyl (C=O) groups is 2. The summed E-state index contributed by atoms with van der Waals surface area (Å²) in [5.74, 6) is -1.09. The fourth-order valence-corrected chi connectivity index (χ4v) is 0.832. The van der Waals surface area contributed by atoms with E-state index in [4.69, 9.17) is 5.11 Å². The van der Waals surface area contributed by atoms with Gasteiger partial charge < -0.3 is 15.0 Å². The number of carbonyl (C=O) groups excluding carboxylic acids is 1. The smallest absolute Gasteiger partial charge is 0.339 e. The van der Waals surface area contributed by atoms with Crippen molar-refractivity contribution in [1.29, 1.82) is 0 Å². The van der Waals surface area contributed by atoms with Crippen LogP contribution in [0.25, 0.3) is 0 Å². The third-order valence-corrected chi connectivity index (χ3v) is 1.47. The van der Waals surface area contributed by atoms with Gasteiger partial charge in [0.05, 0.1) is 0 Å². The van der Waals surface area contributed by atoms with Crippen molar-refractivity contribution >= 4 is 11.8 Å². The second kappa shape index (κ2) is 5.80. The molecular formula is C11H14O4. The van der Waals surface area contributed by atoms with Gasteiger partial charge in [0.15, 0.2) is 0 Å². The van der Waals surface area contributed by atoms with Gasteiger partial charge in [0.2, 0.25) is 0 Å². The van der Waals surface area contributed by atoms with Crippen LogP contribution in [0.1, 0.15) is 29.8 Å². The van der Waals surface area contributed by atoms with Crippen LogP contribution in [0.3, 0.4) is 0 Å². The first-order valence-electron chi connectivity index (χ1n) is 4.35. The Labute approximate surface area is 88.2 Å². The molecule has 0 heterocycles. The molecule has 0 spiro atoms. The molecule has 0 aromatic heterocycles. The molecule has 1 aromatic carbocycles. The highest BCUT2D eigenvalue weighted by molar-refractivity contribution is 5.91. The highest BCUT2D eigenvalue weighted by Gasteiger charge is 2.09. The van der Waals surface area contributed by atoms with E-state index in [2.05, 4.69) is 0 Å². The van der Waals surface area contributed by atoms with Gasteiger partial charge in [0, 0.05) is 0 Å². The number of ketones is 1. The van der Waals surface area contributed by atoms with Gasteiger partial charge in [-0.1, -0.05) is 12.1 Å². The highest BCUT2D eigenvalue weighted by Crippen LogP contribution is 2.20. The van der Waals surface area contributed by atoms with Crippen molar-refractivity contribution in [2.45, 2.75) is 20.8 Å². The Morgan fingerprint density at radius 1 is 1.20 bits per heavy atom. The molecule has 0 atom stereocenters. The summed E-state index contributed by atoms with van der Waals surface area (Å²) in [5, 5.41) is 17.7. The fourth-order valence-electron chi connectivity index (χ4n) is 0.832. The molecule has 0 saturated heterocycles. The van der Waals surface area contributed by atoms with Gasteiger partial charge in [0.25, 0.3) is 0 Å². The molecule has 0 aliphatic rings. The maximum Gasteiger partial charge on any atom is 0.339 e. The third kappa shape index (κ3) is 4.81. The van der Waals surface area contributed by atoms with Crippen molar-refractivity contribution in [2.24, 2.45) is 0 Å². The number of carboxylic acid groups (broad SMARTS) is 1. The molecule has 0 fully saturated rings. The van der Waals surface area contributed by atoms with E-state index in [-0.39, 0.29) is 17.1 Å². The highest BCUT2D eigenvalue weighted by atomic mass is 16.4. The number of rotatable bonds is 1. The van der Waals surface area contributed by atoms with E-state index in [1.807, 2.05) is 0 Å². The lowest BCUT2D eigenvalue weighted by Crippen LogP contribution is -1.96. The lowest BCUT2D eigenvalue weighted by atomic mass is 10.1. The van der Waals surface area contributed by atoms with Crippen LogP contribution >= 0.6 is 0 Å². The number of hydrogen-bond donors (Lipinski definition) is 2. The molecule has 0 radical (unpaired) electrons. The van der Waals surface area contributed by atoms with Crippen LogP contribution in [-0.4, -0.2) is 22.0 Å². The largest absolute Gasteiger partial charge is 0.507 e. The minimum atomic E-state index is -1.11. The van der Waals surface area contributed by atoms with Gasteiger partial charge in [0.1, 0.15) is 17.1 Å². The van der Waals surface area contributed by atoms with Gasteiger partial charge >= 0.3 is 5.97 Å². The molecule has 82 valence electrons. The molecule has 2 N–H and O–H groups in total. The minimum absolute atomic E-state index is 0.0509. The summed E-state index contributed by atoms with van der Waals surface area (Å²) >= 11 is 0. The Kier molecular flexibility index (Phi) is 5.09. The van der Waals surface area contributed by atoms with Gasteiger partial charge in [-0.15, -0.1) is 0 Å². The number of carboxylic acids is 1. The molecule has 15 heavy (non-hydrogen) atoms. The lowest BCUT2D eigenvalue weighted by Gasteiger charge is -2.00. The van der Waals surface area contributed by atoms with Crippen LogP contribution in [0.5, 0.6) is 5.75 Å². The number of aromatic carboxylic acids is 1. The van der Waals surface area contributed by atoms with Gasteiger partial charge in [-0.05, 0) is 32.4 Å². The van der Waals surface area contributed by atoms with E-state index in [0.29, 0.717) is 5.56 Å². The summed E-state index contributed by atoms with van der Waals surface area (Å²) in [5.41, 5.74) is 0.523. The molecule has 4 nitrogen and oxygen atoms in total. The number of para-hydroxylation sites is 1. The summed E-state index contributed by atoms with van der Waals surface area (Å²) in [7, 11) is 0. The zero-order valence-electron chi connectivity index (χ0n) is 8.94. The van der Waals surface area contributed by atoms with Crippen LogP contribution in [0.4, 0.5) is 0 Å². The van der Waals surface area contributed by atoms with E-state index in [1.54, 1.807) is 19.1 Å². The predicted molar refractivity (Wildman–Crippen MR) is 56.2 cm³/mol. The summed E-state index contributed by atoms with van der Waals surface area (Å²) in [4.78, 5) is 19.9. The Morgan fingerprint density at radius 3 is 2.00 bits per heavy atom. The standard InChI is InChI=1S/C8H8O3.C3H6O/c1-5-3-2-4-6(7(5)9)8(10)11;1-3(2)4/h2-4,9H,1H3,(H,10,11);1-2H3. The first-order valence-corrected chi connectivity index (χ1v) is 4.35. The van der Waals surface area contributed by atoms with Crippen molar-refractivity contribution in [3.8, 4) is 5.75 Å². The first kappa shape index (κ1) is 13.2. The predicted octanol–water partition coefficient (Wildman–Crippen LogP) is 1.99. The van der Waals surface area contributed by atoms with Crippen LogP contribution in [0.2, 0.25) is 0 Å². The number of Topliss-reactive ketones (excluding diaryl/α,β-unsaturated/α-hetero) is 1. The fraction of sp³-hybridized carbons (Fsp3) is 0.273. The molecule has 0 aliphatic carbocycles. The number of phenols is 1. The first-order chi connectivity index (χ1) is 6.86.